The van der Waals surface area contributed by atoms with Crippen LogP contribution in [0.25, 0.3) is 10.9 Å². The molecule has 1 aromatic heterocycles. The van der Waals surface area contributed by atoms with E-state index in [1.54, 1.807) is 0 Å². The third-order valence-corrected chi connectivity index (χ3v) is 3.85. The van der Waals surface area contributed by atoms with Crippen LogP contribution in [0.4, 0.5) is 5.82 Å². The van der Waals surface area contributed by atoms with E-state index in [0.29, 0.717) is 6.04 Å². The van der Waals surface area contributed by atoms with Crippen molar-refractivity contribution in [3.63, 3.8) is 0 Å². The standard InChI is InChI=1S/C18H23N3/c1-13(2)12-21(3)18-10-14(11-19-15-8-9-15)16-6-4-5-7-17(16)20-18/h4-7,10,15,19H,1,8-9,11-12H2,2-3H3. The highest BCUT2D eigenvalue weighted by atomic mass is 15.2. The van der Waals surface area contributed by atoms with Gasteiger partial charge in [0, 0.05) is 31.6 Å². The van der Waals surface area contributed by atoms with E-state index in [1.165, 1.54) is 23.8 Å². The van der Waals surface area contributed by atoms with Crippen molar-refractivity contribution in [2.75, 3.05) is 18.5 Å². The summed E-state index contributed by atoms with van der Waals surface area (Å²) >= 11 is 0. The van der Waals surface area contributed by atoms with Gasteiger partial charge in [-0.15, -0.1) is 0 Å². The molecular weight excluding hydrogens is 258 g/mol. The van der Waals surface area contributed by atoms with E-state index in [4.69, 9.17) is 4.98 Å². The molecule has 0 amide bonds. The minimum absolute atomic E-state index is 0.716. The van der Waals surface area contributed by atoms with Crippen LogP contribution >= 0.6 is 0 Å². The number of anilines is 1. The van der Waals surface area contributed by atoms with Crippen molar-refractivity contribution in [1.29, 1.82) is 0 Å². The summed E-state index contributed by atoms with van der Waals surface area (Å²) < 4.78 is 0. The van der Waals surface area contributed by atoms with E-state index in [2.05, 4.69) is 54.2 Å². The van der Waals surface area contributed by atoms with Crippen LogP contribution in [-0.4, -0.2) is 24.6 Å². The smallest absolute Gasteiger partial charge is 0.129 e. The van der Waals surface area contributed by atoms with Crippen molar-refractivity contribution in [1.82, 2.24) is 10.3 Å². The van der Waals surface area contributed by atoms with Crippen LogP contribution < -0.4 is 10.2 Å². The van der Waals surface area contributed by atoms with Gasteiger partial charge in [-0.1, -0.05) is 30.4 Å². The summed E-state index contributed by atoms with van der Waals surface area (Å²) in [6.45, 7) is 7.79. The minimum Gasteiger partial charge on any atom is -0.356 e. The molecule has 0 spiro atoms. The van der Waals surface area contributed by atoms with Gasteiger partial charge < -0.3 is 10.2 Å². The fraction of sp³-hybridized carbons (Fsp3) is 0.389. The number of fused-ring (bicyclic) bond motifs is 1. The molecule has 0 bridgehead atoms. The number of benzene rings is 1. The van der Waals surface area contributed by atoms with Crippen molar-refractivity contribution < 1.29 is 0 Å². The summed E-state index contributed by atoms with van der Waals surface area (Å²) in [5.74, 6) is 1.02. The number of pyridine rings is 1. The van der Waals surface area contributed by atoms with Gasteiger partial charge in [0.1, 0.15) is 5.82 Å². The molecular formula is C18H23N3. The zero-order valence-electron chi connectivity index (χ0n) is 12.9. The maximum atomic E-state index is 4.79. The number of nitrogens with one attached hydrogen (secondary N) is 1. The summed E-state index contributed by atoms with van der Waals surface area (Å²) in [6, 6.07) is 11.3. The molecule has 1 aliphatic rings. The molecule has 3 heteroatoms. The highest BCUT2D eigenvalue weighted by Crippen LogP contribution is 2.25. The number of para-hydroxylation sites is 1. The predicted octanol–water partition coefficient (Wildman–Crippen LogP) is 3.50. The topological polar surface area (TPSA) is 28.2 Å². The fourth-order valence-corrected chi connectivity index (χ4v) is 2.60. The molecule has 110 valence electrons. The third-order valence-electron chi connectivity index (χ3n) is 3.85. The van der Waals surface area contributed by atoms with Gasteiger partial charge in [0.2, 0.25) is 0 Å². The van der Waals surface area contributed by atoms with Gasteiger partial charge in [-0.25, -0.2) is 4.98 Å². The van der Waals surface area contributed by atoms with Gasteiger partial charge >= 0.3 is 0 Å². The Labute approximate surface area is 126 Å². The Morgan fingerprint density at radius 3 is 2.86 bits per heavy atom. The zero-order chi connectivity index (χ0) is 14.8. The molecule has 1 N–H and O–H groups in total. The van der Waals surface area contributed by atoms with Gasteiger partial charge in [0.15, 0.2) is 0 Å². The van der Waals surface area contributed by atoms with Crippen LogP contribution in [0.5, 0.6) is 0 Å². The van der Waals surface area contributed by atoms with Crippen molar-refractivity contribution in [2.24, 2.45) is 0 Å². The minimum atomic E-state index is 0.716. The molecule has 0 radical (unpaired) electrons. The van der Waals surface area contributed by atoms with Gasteiger partial charge in [-0.2, -0.15) is 0 Å². The number of nitrogens with zero attached hydrogens (tertiary/aromatic N) is 2. The Morgan fingerprint density at radius 2 is 2.14 bits per heavy atom. The first-order valence-electron chi connectivity index (χ1n) is 7.61. The first-order valence-corrected chi connectivity index (χ1v) is 7.61. The number of aromatic nitrogens is 1. The SMILES string of the molecule is C=C(C)CN(C)c1cc(CNC2CC2)c2ccccc2n1. The monoisotopic (exact) mass is 281 g/mol. The Morgan fingerprint density at radius 1 is 1.38 bits per heavy atom. The average molecular weight is 281 g/mol. The quantitative estimate of drug-likeness (QED) is 0.821. The summed E-state index contributed by atoms with van der Waals surface area (Å²) in [6.07, 6.45) is 2.62. The van der Waals surface area contributed by atoms with Crippen molar-refractivity contribution in [3.05, 3.63) is 48.0 Å². The van der Waals surface area contributed by atoms with Crippen LogP contribution in [0, 0.1) is 0 Å². The van der Waals surface area contributed by atoms with Gasteiger partial charge in [0.05, 0.1) is 5.52 Å². The first-order chi connectivity index (χ1) is 10.1. The number of rotatable bonds is 6. The molecule has 1 heterocycles. The Hall–Kier alpha value is -1.87. The highest BCUT2D eigenvalue weighted by Gasteiger charge is 2.20. The van der Waals surface area contributed by atoms with E-state index in [-0.39, 0.29) is 0 Å². The molecule has 0 saturated heterocycles. The van der Waals surface area contributed by atoms with Gasteiger partial charge in [-0.05, 0) is 37.5 Å². The van der Waals surface area contributed by atoms with E-state index < -0.39 is 0 Å². The van der Waals surface area contributed by atoms with E-state index >= 15 is 0 Å². The van der Waals surface area contributed by atoms with Crippen LogP contribution in [0.3, 0.4) is 0 Å². The molecule has 3 nitrogen and oxygen atoms in total. The largest absolute Gasteiger partial charge is 0.356 e. The van der Waals surface area contributed by atoms with E-state index in [9.17, 15) is 0 Å². The maximum absolute atomic E-state index is 4.79. The molecule has 0 atom stereocenters. The lowest BCUT2D eigenvalue weighted by molar-refractivity contribution is 0.690. The zero-order valence-corrected chi connectivity index (χ0v) is 12.9. The number of hydrogen-bond acceptors (Lipinski definition) is 3. The second-order valence-electron chi connectivity index (χ2n) is 6.13. The lowest BCUT2D eigenvalue weighted by Gasteiger charge is -2.20. The lowest BCUT2D eigenvalue weighted by atomic mass is 10.1. The molecule has 21 heavy (non-hydrogen) atoms. The van der Waals surface area contributed by atoms with Crippen LogP contribution in [0.15, 0.2) is 42.5 Å². The van der Waals surface area contributed by atoms with Crippen LogP contribution in [0.2, 0.25) is 0 Å². The maximum Gasteiger partial charge on any atom is 0.129 e. The predicted molar refractivity (Wildman–Crippen MR) is 89.7 cm³/mol. The highest BCUT2D eigenvalue weighted by molar-refractivity contribution is 5.84. The lowest BCUT2D eigenvalue weighted by Crippen LogP contribution is -2.21. The van der Waals surface area contributed by atoms with Crippen molar-refractivity contribution >= 4 is 16.7 Å². The van der Waals surface area contributed by atoms with Crippen molar-refractivity contribution in [2.45, 2.75) is 32.4 Å². The van der Waals surface area contributed by atoms with Crippen LogP contribution in [0.1, 0.15) is 25.3 Å². The van der Waals surface area contributed by atoms with Crippen LogP contribution in [-0.2, 0) is 6.54 Å². The van der Waals surface area contributed by atoms with E-state index in [0.717, 1.165) is 30.0 Å². The molecule has 1 aromatic carbocycles. The Balaban J connectivity index is 1.94. The molecule has 0 unspecified atom stereocenters. The molecule has 0 aliphatic heterocycles. The first kappa shape index (κ1) is 14.1. The third kappa shape index (κ3) is 3.42. The molecule has 1 aliphatic carbocycles. The Kier molecular flexibility index (Phi) is 3.93. The van der Waals surface area contributed by atoms with Crippen molar-refractivity contribution in [3.8, 4) is 0 Å². The fourth-order valence-electron chi connectivity index (χ4n) is 2.60. The van der Waals surface area contributed by atoms with Gasteiger partial charge in [0.25, 0.3) is 0 Å². The Bertz CT molecular complexity index is 659. The summed E-state index contributed by atoms with van der Waals surface area (Å²) in [5.41, 5.74) is 3.54. The number of likely N-dealkylation sites (N-methyl/N-ethyl adjacent to an activating group) is 1. The summed E-state index contributed by atoms with van der Waals surface area (Å²) in [7, 11) is 2.07. The number of hydrogen-bond donors (Lipinski definition) is 1. The van der Waals surface area contributed by atoms with E-state index in [1.807, 2.05) is 6.92 Å². The molecule has 2 aromatic rings. The second kappa shape index (κ2) is 5.86. The second-order valence-corrected chi connectivity index (χ2v) is 6.13. The molecule has 1 fully saturated rings. The molecule has 3 rings (SSSR count). The summed E-state index contributed by atoms with van der Waals surface area (Å²) in [4.78, 5) is 6.95. The molecule has 1 saturated carbocycles. The average Bonchev–Trinajstić information content (AvgIpc) is 3.28. The van der Waals surface area contributed by atoms with Gasteiger partial charge in [-0.3, -0.25) is 0 Å². The summed E-state index contributed by atoms with van der Waals surface area (Å²) in [5, 5.41) is 4.86. The normalized spacial score (nSPS) is 14.4.